The summed E-state index contributed by atoms with van der Waals surface area (Å²) in [6.45, 7) is 4.68. The van der Waals surface area contributed by atoms with Gasteiger partial charge in [-0.05, 0) is 153 Å². The van der Waals surface area contributed by atoms with E-state index in [4.69, 9.17) is 19.9 Å². The third kappa shape index (κ3) is 10.5. The van der Waals surface area contributed by atoms with Crippen molar-refractivity contribution >= 4 is 52.7 Å². The molecule has 9 aliphatic rings. The van der Waals surface area contributed by atoms with Crippen molar-refractivity contribution in [2.75, 3.05) is 43.0 Å². The van der Waals surface area contributed by atoms with Crippen LogP contribution in [0.5, 0.6) is 5.75 Å². The molecule has 0 spiro atoms. The van der Waals surface area contributed by atoms with Gasteiger partial charge in [0.05, 0.1) is 17.2 Å². The highest BCUT2D eigenvalue weighted by Crippen LogP contribution is 2.75. The van der Waals surface area contributed by atoms with Gasteiger partial charge in [0.2, 0.25) is 24.0 Å². The summed E-state index contributed by atoms with van der Waals surface area (Å²) in [7, 11) is 0. The fraction of sp³-hybridized carbons (Fsp3) is 0.617. The molecule has 2 saturated heterocycles. The van der Waals surface area contributed by atoms with Crippen molar-refractivity contribution in [1.82, 2.24) is 16.0 Å². The molecule has 2 aromatic rings. The van der Waals surface area contributed by atoms with E-state index < -0.39 is 130 Å². The maximum atomic E-state index is 17.9. The van der Waals surface area contributed by atoms with Gasteiger partial charge in [-0.3, -0.25) is 24.0 Å². The number of carbonyl (C=O) groups excluding carboxylic acids is 6. The Morgan fingerprint density at radius 1 is 0.940 bits per heavy atom. The molecular formula is C60H76F2N6O16. The van der Waals surface area contributed by atoms with Crippen molar-refractivity contribution in [3.63, 3.8) is 0 Å². The number of Topliss-reactive ketones (excluding diaryl/α,β-unsaturated/α-hetero) is 1. The Balaban J connectivity index is 0.742. The highest BCUT2D eigenvalue weighted by Gasteiger charge is 2.78. The molecule has 2 bridgehead atoms. The summed E-state index contributed by atoms with van der Waals surface area (Å²) in [5.41, 5.74) is 1.41. The summed E-state index contributed by atoms with van der Waals surface area (Å²) in [5.74, 6) is -5.85. The number of ketones is 2. The number of hydrogen-bond acceptors (Lipinski definition) is 17. The molecule has 2 aliphatic heterocycles. The third-order valence-corrected chi connectivity index (χ3v) is 20.2. The van der Waals surface area contributed by atoms with E-state index in [1.54, 1.807) is 6.92 Å². The summed E-state index contributed by atoms with van der Waals surface area (Å²) >= 11 is 0. The topological polar surface area (TPSA) is 346 Å². The zero-order valence-electron chi connectivity index (χ0n) is 47.2. The lowest BCUT2D eigenvalue weighted by Gasteiger charge is -2.70. The van der Waals surface area contributed by atoms with Crippen molar-refractivity contribution in [3.05, 3.63) is 77.4 Å². The SMILES string of the molecule is CC(=O)N[C@@H](CCCCN)C(=O)NCCC(=O)Nc1cc(COC(=O)NC23CC(Cc4ccc(N5C[C@@H]6C[C@H]7[C@@H]8C[C@H](F)C9=CC(=O)C=C[C@]9(C)[C@@]8(F)[C@@H](O)C[C@]7(C)[C@]6(C(=O)CO)C5)cc4)(C2)C3)ccc1O[C@@H]1O[C@H](C(=O)O)[C@@H](O)[C@H](O)[C@H]1O. The summed E-state index contributed by atoms with van der Waals surface area (Å²) in [4.78, 5) is 91.8. The minimum absolute atomic E-state index is 0.0400. The number of anilines is 2. The average molecular weight is 1180 g/mol. The molecular weight excluding hydrogens is 1100 g/mol. The van der Waals surface area contributed by atoms with Gasteiger partial charge >= 0.3 is 12.1 Å². The maximum absolute atomic E-state index is 17.9. The number of carboxylic acid groups (broad SMARTS) is 1. The van der Waals surface area contributed by atoms with Crippen LogP contribution in [0.3, 0.4) is 0 Å². The molecule has 2 heterocycles. The van der Waals surface area contributed by atoms with Gasteiger partial charge < -0.3 is 76.8 Å². The molecule has 456 valence electrons. The number of aliphatic hydroxyl groups is 5. The minimum atomic E-state index is -2.28. The van der Waals surface area contributed by atoms with Crippen LogP contribution in [0.2, 0.25) is 0 Å². The van der Waals surface area contributed by atoms with Crippen molar-refractivity contribution in [1.29, 1.82) is 0 Å². The quantitative estimate of drug-likeness (QED) is 0.0799. The average Bonchev–Trinajstić information content (AvgIpc) is 1.31. The van der Waals surface area contributed by atoms with Crippen LogP contribution in [0.25, 0.3) is 0 Å². The van der Waals surface area contributed by atoms with E-state index in [0.717, 1.165) is 23.7 Å². The van der Waals surface area contributed by atoms with Gasteiger partial charge in [0.1, 0.15) is 49.5 Å². The monoisotopic (exact) mass is 1170 g/mol. The number of allylic oxidation sites excluding steroid dienone is 4. The fourth-order valence-corrected chi connectivity index (χ4v) is 16.4. The van der Waals surface area contributed by atoms with E-state index in [1.165, 1.54) is 37.3 Å². The van der Waals surface area contributed by atoms with Crippen molar-refractivity contribution < 1.29 is 87.2 Å². The first-order valence-corrected chi connectivity index (χ1v) is 28.9. The van der Waals surface area contributed by atoms with E-state index in [1.807, 2.05) is 31.2 Å². The summed E-state index contributed by atoms with van der Waals surface area (Å²) in [5, 5.41) is 74.2. The van der Waals surface area contributed by atoms with E-state index in [0.29, 0.717) is 63.6 Å². The van der Waals surface area contributed by atoms with Crippen LogP contribution in [0, 0.1) is 39.4 Å². The number of aliphatic hydroxyl groups excluding tert-OH is 5. The lowest BCUT2D eigenvalue weighted by atomic mass is 9.38. The van der Waals surface area contributed by atoms with Gasteiger partial charge in [0.15, 0.2) is 23.3 Å². The number of carbonyl (C=O) groups is 7. The molecule has 84 heavy (non-hydrogen) atoms. The molecule has 15 atom stereocenters. The zero-order valence-corrected chi connectivity index (χ0v) is 47.2. The number of amides is 4. The number of nitrogens with zero attached hydrogens (tertiary/aromatic N) is 1. The van der Waals surface area contributed by atoms with Crippen LogP contribution in [-0.4, -0.2) is 165 Å². The second-order valence-electron chi connectivity index (χ2n) is 25.4. The highest BCUT2D eigenvalue weighted by atomic mass is 19.1. The Morgan fingerprint density at radius 2 is 1.65 bits per heavy atom. The van der Waals surface area contributed by atoms with Crippen LogP contribution in [-0.2, 0) is 51.3 Å². The van der Waals surface area contributed by atoms with Gasteiger partial charge in [-0.1, -0.05) is 31.2 Å². The molecule has 11 rings (SSSR count). The van der Waals surface area contributed by atoms with Gasteiger partial charge in [-0.25, -0.2) is 18.4 Å². The first-order valence-electron chi connectivity index (χ1n) is 28.9. The predicted octanol–water partition coefficient (Wildman–Crippen LogP) is 2.34. The smallest absolute Gasteiger partial charge is 0.407 e. The number of nitrogens with two attached hydrogens (primary N) is 1. The maximum Gasteiger partial charge on any atom is 0.407 e. The Bertz CT molecular complexity index is 3000. The van der Waals surface area contributed by atoms with Crippen LogP contribution in [0.15, 0.2) is 66.3 Å². The Kier molecular flexibility index (Phi) is 16.5. The molecule has 0 unspecified atom stereocenters. The molecule has 0 radical (unpaired) electrons. The zero-order chi connectivity index (χ0) is 60.5. The number of ether oxygens (including phenoxy) is 3. The number of alkyl carbamates (subject to hydrolysis) is 1. The van der Waals surface area contributed by atoms with Crippen molar-refractivity contribution in [2.24, 2.45) is 45.1 Å². The minimum Gasteiger partial charge on any atom is -0.479 e. The number of fused-ring (bicyclic) bond motifs is 7. The molecule has 12 N–H and O–H groups in total. The van der Waals surface area contributed by atoms with Gasteiger partial charge in [-0.15, -0.1) is 0 Å². The molecule has 0 aromatic heterocycles. The molecule has 6 saturated carbocycles. The number of alkyl halides is 2. The van der Waals surface area contributed by atoms with E-state index in [9.17, 15) is 64.2 Å². The molecule has 22 nitrogen and oxygen atoms in total. The first-order chi connectivity index (χ1) is 39.7. The van der Waals surface area contributed by atoms with E-state index in [2.05, 4.69) is 26.2 Å². The molecule has 7 aliphatic carbocycles. The Labute approximate surface area is 483 Å². The lowest BCUT2D eigenvalue weighted by Crippen LogP contribution is -2.75. The molecule has 24 heteroatoms. The number of aliphatic carboxylic acids is 1. The standard InChI is InChI=1S/C60H76F2N6O16/c1-31(70)65-41(6-4-5-16-63)51(78)64-17-14-46(74)66-42-18-33(9-12-43(42)83-53-49(77)47(75)48(76)50(84-53)52(79)80)26-82-54(81)67-58-27-57(28-58,29-58)22-32-7-10-35(11-8-32)68-24-34-19-37-38-21-40(61)39-20-36(71)13-15-55(39,2)60(38,62)44(72)23-56(37,3)59(34,30-68)45(73)25-69/h7-13,15,18,20,34,37-38,40-41,44,47-50,53,69,72,75-77H,4-6,14,16-17,19,21-30,63H2,1-3H3,(H,64,78)(H,65,70)(H,66,74)(H,67,81)(H,79,80)/t34-,37-,38-,40-,41-,44-,47-,48-,49+,50-,53+,55-,56-,57?,58?,59+,60-/m0/s1. The van der Waals surface area contributed by atoms with Crippen molar-refractivity contribution in [3.8, 4) is 5.75 Å². The lowest BCUT2D eigenvalue weighted by molar-refractivity contribution is -0.271. The molecule has 8 fully saturated rings. The van der Waals surface area contributed by atoms with Crippen LogP contribution >= 0.6 is 0 Å². The summed E-state index contributed by atoms with van der Waals surface area (Å²) < 4.78 is 50.7. The number of benzene rings is 2. The van der Waals surface area contributed by atoms with Crippen LogP contribution in [0.1, 0.15) is 96.1 Å². The van der Waals surface area contributed by atoms with Gasteiger partial charge in [0.25, 0.3) is 0 Å². The number of halogens is 2. The molecule has 2 aromatic carbocycles. The van der Waals surface area contributed by atoms with Crippen LogP contribution in [0.4, 0.5) is 25.0 Å². The largest absolute Gasteiger partial charge is 0.479 e. The number of nitrogens with one attached hydrogen (secondary N) is 4. The fourth-order valence-electron chi connectivity index (χ4n) is 16.4. The third-order valence-electron chi connectivity index (χ3n) is 20.2. The summed E-state index contributed by atoms with van der Waals surface area (Å²) in [6.07, 6.45) is -5.50. The number of hydrogen-bond donors (Lipinski definition) is 11. The Hall–Kier alpha value is -6.41. The first kappa shape index (κ1) is 60.7. The van der Waals surface area contributed by atoms with Gasteiger partial charge in [-0.2, -0.15) is 0 Å². The van der Waals surface area contributed by atoms with Crippen molar-refractivity contribution in [2.45, 2.75) is 158 Å². The van der Waals surface area contributed by atoms with E-state index in [-0.39, 0.29) is 73.1 Å². The summed E-state index contributed by atoms with van der Waals surface area (Å²) in [6, 6.07) is 11.4. The Morgan fingerprint density at radius 3 is 2.33 bits per heavy atom. The normalized spacial score (nSPS) is 37.1. The number of carboxylic acids is 1. The number of rotatable bonds is 21. The number of unbranched alkanes of at least 4 members (excludes halogenated alkanes) is 1. The second-order valence-corrected chi connectivity index (χ2v) is 25.4. The molecule has 4 amide bonds. The second kappa shape index (κ2) is 22.8. The highest BCUT2D eigenvalue weighted by molar-refractivity contribution is 6.01. The van der Waals surface area contributed by atoms with Gasteiger partial charge in [0, 0.05) is 55.5 Å². The van der Waals surface area contributed by atoms with E-state index >= 15 is 8.78 Å². The predicted molar refractivity (Wildman–Crippen MR) is 295 cm³/mol. The van der Waals surface area contributed by atoms with Crippen LogP contribution < -0.4 is 36.6 Å².